The largest absolute Gasteiger partial charge is 0.508 e. The van der Waals surface area contributed by atoms with Gasteiger partial charge in [0.05, 0.1) is 34.5 Å². The van der Waals surface area contributed by atoms with Crippen molar-refractivity contribution in [3.8, 4) is 5.75 Å². The number of allylic oxidation sites excluding steroid dienone is 2. The number of hydrogen-bond donors (Lipinski definition) is 1. The van der Waals surface area contributed by atoms with Gasteiger partial charge in [0.25, 0.3) is 0 Å². The molecule has 2 aliphatic carbocycles. The molecule has 9 heteroatoms. The van der Waals surface area contributed by atoms with E-state index in [0.29, 0.717) is 39.0 Å². The summed E-state index contributed by atoms with van der Waals surface area (Å²) in [6, 6.07) is 27.9. The standard InChI is InChI=1S/C39H30Cl2N2O5/c1-21-13-14-26(19-32(21)41)42-35(45)29-16-15-28-30(33(29)37(42)47)20-31-36(46)43(25-11-6-10-24(40)18-25)38(48)39(31,23-8-3-2-4-9-23)34(28)22-7-5-12-27(44)17-22/h2-15,17-19,29-31,33-34,44H,16,20H2,1H3/t29-,30+,31-,33-,34-,39+/m0/s1. The molecule has 1 N–H and O–H groups in total. The van der Waals surface area contributed by atoms with Gasteiger partial charge in [0.1, 0.15) is 5.75 Å². The van der Waals surface area contributed by atoms with Gasteiger partial charge < -0.3 is 5.11 Å². The fraction of sp³-hybridized carbons (Fsp3) is 0.231. The molecule has 7 nitrogen and oxygen atoms in total. The Morgan fingerprint density at radius 3 is 2.23 bits per heavy atom. The highest BCUT2D eigenvalue weighted by Crippen LogP contribution is 2.64. The molecule has 48 heavy (non-hydrogen) atoms. The monoisotopic (exact) mass is 676 g/mol. The van der Waals surface area contributed by atoms with Gasteiger partial charge >= 0.3 is 0 Å². The first-order valence-corrected chi connectivity index (χ1v) is 16.7. The van der Waals surface area contributed by atoms with Crippen molar-refractivity contribution in [1.82, 2.24) is 0 Å². The zero-order valence-corrected chi connectivity index (χ0v) is 27.4. The number of nitrogens with zero attached hydrogens (tertiary/aromatic N) is 2. The molecule has 0 spiro atoms. The Morgan fingerprint density at radius 1 is 0.750 bits per heavy atom. The Labute approximate surface area is 287 Å². The lowest BCUT2D eigenvalue weighted by Crippen LogP contribution is -2.53. The van der Waals surface area contributed by atoms with E-state index in [-0.39, 0.29) is 24.0 Å². The van der Waals surface area contributed by atoms with E-state index in [1.54, 1.807) is 60.7 Å². The van der Waals surface area contributed by atoms with Crippen molar-refractivity contribution in [1.29, 1.82) is 0 Å². The van der Waals surface area contributed by atoms with Gasteiger partial charge in [0.15, 0.2) is 0 Å². The predicted octanol–water partition coefficient (Wildman–Crippen LogP) is 7.37. The third-order valence-corrected chi connectivity index (χ3v) is 11.4. The smallest absolute Gasteiger partial charge is 0.246 e. The first-order chi connectivity index (χ1) is 23.1. The van der Waals surface area contributed by atoms with Crippen molar-refractivity contribution in [2.75, 3.05) is 9.80 Å². The maximum absolute atomic E-state index is 15.2. The van der Waals surface area contributed by atoms with Crippen molar-refractivity contribution in [2.45, 2.75) is 31.1 Å². The zero-order valence-electron chi connectivity index (χ0n) is 25.8. The predicted molar refractivity (Wildman–Crippen MR) is 183 cm³/mol. The number of aromatic hydroxyl groups is 1. The zero-order chi connectivity index (χ0) is 33.5. The van der Waals surface area contributed by atoms with Crippen LogP contribution in [-0.2, 0) is 24.6 Å². The number of halogens is 2. The summed E-state index contributed by atoms with van der Waals surface area (Å²) in [7, 11) is 0. The highest BCUT2D eigenvalue weighted by atomic mass is 35.5. The molecule has 240 valence electrons. The lowest BCUT2D eigenvalue weighted by atomic mass is 9.49. The van der Waals surface area contributed by atoms with Crippen LogP contribution in [0, 0.1) is 30.6 Å². The maximum Gasteiger partial charge on any atom is 0.246 e. The number of phenolic OH excluding ortho intramolecular Hbond substituents is 1. The summed E-state index contributed by atoms with van der Waals surface area (Å²) in [5.74, 6) is -4.91. The number of anilines is 2. The Hall–Kier alpha value is -4.72. The molecular weight excluding hydrogens is 647 g/mol. The number of benzene rings is 4. The minimum Gasteiger partial charge on any atom is -0.508 e. The van der Waals surface area contributed by atoms with E-state index in [1.807, 2.05) is 49.4 Å². The number of imide groups is 2. The van der Waals surface area contributed by atoms with E-state index in [1.165, 1.54) is 9.80 Å². The molecule has 0 unspecified atom stereocenters. The average Bonchev–Trinajstić information content (AvgIpc) is 3.47. The van der Waals surface area contributed by atoms with E-state index in [2.05, 4.69) is 0 Å². The van der Waals surface area contributed by atoms with Crippen molar-refractivity contribution >= 4 is 58.2 Å². The van der Waals surface area contributed by atoms with Gasteiger partial charge in [-0.25, -0.2) is 9.80 Å². The molecule has 4 aliphatic rings. The molecule has 0 radical (unpaired) electrons. The molecule has 8 rings (SSSR count). The van der Waals surface area contributed by atoms with Gasteiger partial charge in [-0.1, -0.05) is 89.4 Å². The van der Waals surface area contributed by atoms with Gasteiger partial charge in [-0.3, -0.25) is 19.2 Å². The Balaban J connectivity index is 1.34. The van der Waals surface area contributed by atoms with Gasteiger partial charge in [0.2, 0.25) is 23.6 Å². The molecule has 1 saturated carbocycles. The molecule has 2 aliphatic heterocycles. The maximum atomic E-state index is 15.2. The quantitative estimate of drug-likeness (QED) is 0.180. The number of amides is 4. The third-order valence-electron chi connectivity index (χ3n) is 10.8. The number of hydrogen-bond acceptors (Lipinski definition) is 5. The van der Waals surface area contributed by atoms with Crippen LogP contribution in [0.25, 0.3) is 0 Å². The summed E-state index contributed by atoms with van der Waals surface area (Å²) in [6.07, 6.45) is 2.47. The number of aryl methyl sites for hydroxylation is 1. The van der Waals surface area contributed by atoms with E-state index >= 15 is 4.79 Å². The fourth-order valence-electron chi connectivity index (χ4n) is 8.80. The summed E-state index contributed by atoms with van der Waals surface area (Å²) in [6.45, 7) is 1.85. The van der Waals surface area contributed by atoms with Crippen molar-refractivity contribution in [2.24, 2.45) is 23.7 Å². The van der Waals surface area contributed by atoms with Crippen molar-refractivity contribution < 1.29 is 24.3 Å². The van der Waals surface area contributed by atoms with E-state index in [9.17, 15) is 19.5 Å². The molecule has 0 bridgehead atoms. The molecule has 4 amide bonds. The lowest BCUT2D eigenvalue weighted by molar-refractivity contribution is -0.127. The van der Waals surface area contributed by atoms with Crippen LogP contribution in [0.15, 0.2) is 109 Å². The van der Waals surface area contributed by atoms with E-state index in [0.717, 1.165) is 11.1 Å². The summed E-state index contributed by atoms with van der Waals surface area (Å²) in [5, 5.41) is 11.6. The molecule has 2 saturated heterocycles. The van der Waals surface area contributed by atoms with Crippen LogP contribution in [0.2, 0.25) is 10.0 Å². The average molecular weight is 678 g/mol. The third kappa shape index (κ3) is 4.27. The normalized spacial score (nSPS) is 27.9. The molecule has 4 aromatic rings. The van der Waals surface area contributed by atoms with Gasteiger partial charge in [0, 0.05) is 16.0 Å². The van der Waals surface area contributed by atoms with Gasteiger partial charge in [-0.05, 0) is 84.8 Å². The molecular formula is C39H30Cl2N2O5. The van der Waals surface area contributed by atoms with Gasteiger partial charge in [-0.15, -0.1) is 0 Å². The second kappa shape index (κ2) is 11.2. The second-order valence-corrected chi connectivity index (χ2v) is 14.0. The number of fused-ring (bicyclic) bond motifs is 4. The van der Waals surface area contributed by atoms with Crippen LogP contribution in [-0.4, -0.2) is 28.7 Å². The summed E-state index contributed by atoms with van der Waals surface area (Å²) < 4.78 is 0. The minimum absolute atomic E-state index is 0.0155. The van der Waals surface area contributed by atoms with Crippen molar-refractivity contribution in [3.05, 3.63) is 135 Å². The summed E-state index contributed by atoms with van der Waals surface area (Å²) in [5.41, 5.74) is 2.33. The topological polar surface area (TPSA) is 95.0 Å². The van der Waals surface area contributed by atoms with Crippen molar-refractivity contribution in [3.63, 3.8) is 0 Å². The molecule has 3 fully saturated rings. The van der Waals surface area contributed by atoms with E-state index in [4.69, 9.17) is 23.2 Å². The van der Waals surface area contributed by atoms with E-state index < -0.39 is 46.8 Å². The lowest BCUT2D eigenvalue weighted by Gasteiger charge is -2.50. The van der Waals surface area contributed by atoms with Crippen LogP contribution < -0.4 is 9.80 Å². The molecule has 4 aromatic carbocycles. The Kier molecular flexibility index (Phi) is 7.13. The number of carbonyl (C=O) groups is 4. The number of carbonyl (C=O) groups excluding carboxylic acids is 4. The minimum atomic E-state index is -1.40. The van der Waals surface area contributed by atoms with Crippen LogP contribution in [0.4, 0.5) is 11.4 Å². The number of phenols is 1. The molecule has 0 aromatic heterocycles. The first kappa shape index (κ1) is 30.6. The SMILES string of the molecule is Cc1ccc(N2C(=O)[C@H]3[C@H](CC=C4[C@H]3C[C@H]3C(=O)N(c5cccc(Cl)c5)C(=O)[C@@]3(c3ccccc3)[C@H]4c3cccc(O)c3)C2=O)cc1Cl. The van der Waals surface area contributed by atoms with Crippen LogP contribution in [0.5, 0.6) is 5.75 Å². The van der Waals surface area contributed by atoms with Crippen LogP contribution in [0.3, 0.4) is 0 Å². The number of rotatable bonds is 4. The molecule has 6 atom stereocenters. The van der Waals surface area contributed by atoms with Crippen LogP contribution in [0.1, 0.15) is 35.4 Å². The fourth-order valence-corrected chi connectivity index (χ4v) is 9.16. The second-order valence-electron chi connectivity index (χ2n) is 13.1. The summed E-state index contributed by atoms with van der Waals surface area (Å²) in [4.78, 5) is 60.8. The van der Waals surface area contributed by atoms with Crippen LogP contribution >= 0.6 is 23.2 Å². The van der Waals surface area contributed by atoms with Gasteiger partial charge in [-0.2, -0.15) is 0 Å². The molecule has 2 heterocycles. The highest BCUT2D eigenvalue weighted by Gasteiger charge is 2.70. The first-order valence-electron chi connectivity index (χ1n) is 15.9. The highest BCUT2D eigenvalue weighted by molar-refractivity contribution is 6.33. The summed E-state index contributed by atoms with van der Waals surface area (Å²) >= 11 is 12.8. The Morgan fingerprint density at radius 2 is 1.50 bits per heavy atom. The Bertz CT molecular complexity index is 2080.